The van der Waals surface area contributed by atoms with Crippen LogP contribution in [0, 0.1) is 0 Å². The predicted octanol–water partition coefficient (Wildman–Crippen LogP) is 3.26. The molecule has 2 aliphatic rings. The highest BCUT2D eigenvalue weighted by atomic mass is 16.6. The maximum absolute atomic E-state index is 12.6. The third kappa shape index (κ3) is 5.98. The molecular formula is C33H37NO7. The van der Waals surface area contributed by atoms with Crippen molar-refractivity contribution in [2.24, 2.45) is 0 Å². The van der Waals surface area contributed by atoms with Crippen molar-refractivity contribution in [3.05, 3.63) is 107 Å². The van der Waals surface area contributed by atoms with Crippen molar-refractivity contribution in [2.75, 3.05) is 6.54 Å². The molecule has 8 nitrogen and oxygen atoms in total. The van der Waals surface area contributed by atoms with Gasteiger partial charge in [-0.2, -0.15) is 0 Å². The van der Waals surface area contributed by atoms with E-state index in [-0.39, 0.29) is 44.0 Å². The normalized spacial score (nSPS) is 26.7. The minimum atomic E-state index is -1.90. The molecule has 2 aliphatic heterocycles. The number of imide groups is 1. The molecule has 0 saturated carbocycles. The number of aliphatic hydroxyl groups excluding tert-OH is 2. The Hall–Kier alpha value is -3.40. The molecule has 8 heteroatoms. The first-order valence-corrected chi connectivity index (χ1v) is 14.2. The van der Waals surface area contributed by atoms with Crippen LogP contribution in [0.2, 0.25) is 0 Å². The number of benzene rings is 3. The molecule has 3 aromatic rings. The summed E-state index contributed by atoms with van der Waals surface area (Å²) in [6.45, 7) is 0.274. The highest BCUT2D eigenvalue weighted by Crippen LogP contribution is 2.43. The van der Waals surface area contributed by atoms with E-state index >= 15 is 0 Å². The van der Waals surface area contributed by atoms with Crippen molar-refractivity contribution in [1.82, 2.24) is 4.90 Å². The van der Waals surface area contributed by atoms with Crippen LogP contribution in [-0.4, -0.2) is 73.4 Å². The molecule has 5 atom stereocenters. The molecule has 216 valence electrons. The number of nitrogens with zero attached hydrogens (tertiary/aromatic N) is 1. The summed E-state index contributed by atoms with van der Waals surface area (Å²) in [6.07, 6.45) is -1.99. The molecule has 4 N–H and O–H groups in total. The summed E-state index contributed by atoms with van der Waals surface area (Å²) in [5.74, 6) is -0.585. The summed E-state index contributed by atoms with van der Waals surface area (Å²) < 4.78 is 5.77. The standard InChI is InChI=1S/C33H37NO7/c35-27(18-8-3-11-19-34-30(37)25-16-9-10-17-26(25)31(34)38)29-33(40,21-24-14-6-2-7-15-24)32(39,22-28(36)41-29)20-23-12-4-1-5-13-23/h1-2,4-7,9-10,12-17,27-29,35-36,39-40H,3,8,11,18-22H2/t27?,28-,29+,32+,33+/m0/s1. The van der Waals surface area contributed by atoms with Crippen molar-refractivity contribution < 1.29 is 34.8 Å². The predicted molar refractivity (Wildman–Crippen MR) is 152 cm³/mol. The zero-order chi connectivity index (χ0) is 29.0. The largest absolute Gasteiger partial charge is 0.390 e. The Kier molecular flexibility index (Phi) is 8.68. The fourth-order valence-electron chi connectivity index (χ4n) is 6.19. The average molecular weight is 560 g/mol. The Balaban J connectivity index is 1.26. The fourth-order valence-corrected chi connectivity index (χ4v) is 6.19. The number of hydrogen-bond acceptors (Lipinski definition) is 7. The summed E-state index contributed by atoms with van der Waals surface area (Å²) in [5.41, 5.74) is -1.29. The zero-order valence-corrected chi connectivity index (χ0v) is 22.9. The van der Waals surface area contributed by atoms with Gasteiger partial charge in [-0.15, -0.1) is 0 Å². The van der Waals surface area contributed by atoms with Crippen LogP contribution < -0.4 is 0 Å². The van der Waals surface area contributed by atoms with Gasteiger partial charge < -0.3 is 25.2 Å². The summed E-state index contributed by atoms with van der Waals surface area (Å²) >= 11 is 0. The van der Waals surface area contributed by atoms with Gasteiger partial charge in [0.15, 0.2) is 6.29 Å². The Morgan fingerprint density at radius 3 is 1.90 bits per heavy atom. The summed E-state index contributed by atoms with van der Waals surface area (Å²) in [4.78, 5) is 26.5. The lowest BCUT2D eigenvalue weighted by Gasteiger charge is -2.54. The Morgan fingerprint density at radius 1 is 0.780 bits per heavy atom. The molecule has 3 aromatic carbocycles. The van der Waals surface area contributed by atoms with Gasteiger partial charge in [-0.3, -0.25) is 14.5 Å². The van der Waals surface area contributed by atoms with Crippen LogP contribution >= 0.6 is 0 Å². The molecule has 0 aromatic heterocycles. The molecule has 1 fully saturated rings. The zero-order valence-electron chi connectivity index (χ0n) is 22.9. The van der Waals surface area contributed by atoms with Crippen LogP contribution in [0.4, 0.5) is 0 Å². The second-order valence-corrected chi connectivity index (χ2v) is 11.2. The van der Waals surface area contributed by atoms with Gasteiger partial charge in [0.1, 0.15) is 17.3 Å². The van der Waals surface area contributed by atoms with E-state index in [1.165, 1.54) is 4.90 Å². The van der Waals surface area contributed by atoms with Gasteiger partial charge in [-0.1, -0.05) is 85.6 Å². The van der Waals surface area contributed by atoms with Gasteiger partial charge in [0, 0.05) is 25.8 Å². The lowest BCUT2D eigenvalue weighted by Crippen LogP contribution is -2.71. The number of amides is 2. The fraction of sp³-hybridized carbons (Fsp3) is 0.394. The number of rotatable bonds is 11. The Labute approximate surface area is 239 Å². The molecule has 0 spiro atoms. The minimum Gasteiger partial charge on any atom is -0.390 e. The van der Waals surface area contributed by atoms with Crippen LogP contribution in [0.3, 0.4) is 0 Å². The van der Waals surface area contributed by atoms with Crippen LogP contribution in [0.25, 0.3) is 0 Å². The topological polar surface area (TPSA) is 128 Å². The molecule has 0 aliphatic carbocycles. The van der Waals surface area contributed by atoms with Crippen LogP contribution in [0.5, 0.6) is 0 Å². The van der Waals surface area contributed by atoms with Crippen molar-refractivity contribution in [1.29, 1.82) is 0 Å². The van der Waals surface area contributed by atoms with E-state index in [1.807, 2.05) is 60.7 Å². The maximum atomic E-state index is 12.6. The maximum Gasteiger partial charge on any atom is 0.261 e. The molecule has 41 heavy (non-hydrogen) atoms. The third-order valence-corrected chi connectivity index (χ3v) is 8.36. The second kappa shape index (κ2) is 12.2. The van der Waals surface area contributed by atoms with E-state index in [0.29, 0.717) is 30.4 Å². The first kappa shape index (κ1) is 29.1. The van der Waals surface area contributed by atoms with E-state index in [9.17, 15) is 30.0 Å². The van der Waals surface area contributed by atoms with E-state index in [4.69, 9.17) is 4.74 Å². The quantitative estimate of drug-likeness (QED) is 0.210. The van der Waals surface area contributed by atoms with Gasteiger partial charge >= 0.3 is 0 Å². The van der Waals surface area contributed by atoms with Crippen LogP contribution in [0.1, 0.15) is 63.9 Å². The molecule has 1 unspecified atom stereocenters. The number of aliphatic hydroxyl groups is 4. The van der Waals surface area contributed by atoms with Gasteiger partial charge in [0.05, 0.1) is 17.2 Å². The van der Waals surface area contributed by atoms with E-state index in [0.717, 1.165) is 11.1 Å². The molecular weight excluding hydrogens is 522 g/mol. The van der Waals surface area contributed by atoms with Crippen molar-refractivity contribution >= 4 is 11.8 Å². The number of carbonyl (C=O) groups excluding carboxylic acids is 2. The first-order chi connectivity index (χ1) is 19.7. The first-order valence-electron chi connectivity index (χ1n) is 14.2. The summed E-state index contributed by atoms with van der Waals surface area (Å²) in [6, 6.07) is 25.3. The van der Waals surface area contributed by atoms with Crippen LogP contribution in [-0.2, 0) is 17.6 Å². The third-order valence-electron chi connectivity index (χ3n) is 8.36. The second-order valence-electron chi connectivity index (χ2n) is 11.2. The number of unbranched alkanes of at least 4 members (excludes halogenated alkanes) is 2. The molecule has 1 saturated heterocycles. The molecule has 0 radical (unpaired) electrons. The number of fused-ring (bicyclic) bond motifs is 1. The monoisotopic (exact) mass is 559 g/mol. The SMILES string of the molecule is O=C1c2ccccc2C(=O)N1CCCCCC(O)[C@H]1O[C@H](O)C[C@](O)(Cc2ccccc2)[C@@]1(O)Cc1ccccc1. The molecule has 5 rings (SSSR count). The molecule has 0 bridgehead atoms. The van der Waals surface area contributed by atoms with E-state index < -0.39 is 29.7 Å². The van der Waals surface area contributed by atoms with Gasteiger partial charge in [-0.25, -0.2) is 0 Å². The minimum absolute atomic E-state index is 0.0192. The smallest absolute Gasteiger partial charge is 0.261 e. The lowest BCUT2D eigenvalue weighted by molar-refractivity contribution is -0.326. The molecule has 2 heterocycles. The molecule has 2 amide bonds. The number of ether oxygens (including phenoxy) is 1. The Bertz CT molecular complexity index is 1310. The van der Waals surface area contributed by atoms with Crippen molar-refractivity contribution in [3.8, 4) is 0 Å². The highest BCUT2D eigenvalue weighted by molar-refractivity contribution is 6.21. The van der Waals surface area contributed by atoms with E-state index in [2.05, 4.69) is 0 Å². The van der Waals surface area contributed by atoms with E-state index in [1.54, 1.807) is 24.3 Å². The van der Waals surface area contributed by atoms with Crippen molar-refractivity contribution in [3.63, 3.8) is 0 Å². The summed E-state index contributed by atoms with van der Waals surface area (Å²) in [5, 5.41) is 46.1. The number of hydrogen-bond donors (Lipinski definition) is 4. The average Bonchev–Trinajstić information content (AvgIpc) is 3.20. The van der Waals surface area contributed by atoms with Gasteiger partial charge in [0.2, 0.25) is 0 Å². The van der Waals surface area contributed by atoms with Gasteiger partial charge in [-0.05, 0) is 36.1 Å². The van der Waals surface area contributed by atoms with Gasteiger partial charge in [0.25, 0.3) is 11.8 Å². The lowest BCUT2D eigenvalue weighted by atomic mass is 9.66. The van der Waals surface area contributed by atoms with Crippen LogP contribution in [0.15, 0.2) is 84.9 Å². The Morgan fingerprint density at radius 2 is 1.32 bits per heavy atom. The highest BCUT2D eigenvalue weighted by Gasteiger charge is 2.60. The summed E-state index contributed by atoms with van der Waals surface area (Å²) in [7, 11) is 0. The number of carbonyl (C=O) groups is 2. The van der Waals surface area contributed by atoms with Crippen molar-refractivity contribution in [2.45, 2.75) is 74.6 Å².